The van der Waals surface area contributed by atoms with Gasteiger partial charge in [0.25, 0.3) is 0 Å². The van der Waals surface area contributed by atoms with Crippen LogP contribution in [0, 0.1) is 0 Å². The molecule has 11 heteroatoms. The first kappa shape index (κ1) is 24.8. The normalized spacial score (nSPS) is 14.0. The SMILES string of the molecule is NCCCCC(NC(=O)C(CCCCN)NC(=O)C(N)CC(N)=O)C(=O)O. The Kier molecular flexibility index (Phi) is 12.7. The molecule has 0 bridgehead atoms. The van der Waals surface area contributed by atoms with Crippen molar-refractivity contribution >= 4 is 23.7 Å². The predicted molar refractivity (Wildman–Crippen MR) is 99.1 cm³/mol. The van der Waals surface area contributed by atoms with Gasteiger partial charge in [0.1, 0.15) is 12.1 Å². The number of hydrogen-bond acceptors (Lipinski definition) is 7. The third-order valence-electron chi connectivity index (χ3n) is 3.90. The first-order valence-corrected chi connectivity index (χ1v) is 9.00. The van der Waals surface area contributed by atoms with Crippen molar-refractivity contribution in [1.82, 2.24) is 10.6 Å². The summed E-state index contributed by atoms with van der Waals surface area (Å²) in [5.74, 6) is -3.26. The van der Waals surface area contributed by atoms with Gasteiger partial charge in [-0.3, -0.25) is 14.4 Å². The third kappa shape index (κ3) is 11.2. The lowest BCUT2D eigenvalue weighted by Crippen LogP contribution is -2.54. The molecule has 0 aromatic heterocycles. The van der Waals surface area contributed by atoms with Crippen molar-refractivity contribution in [2.45, 2.75) is 63.1 Å². The van der Waals surface area contributed by atoms with E-state index in [-0.39, 0.29) is 19.3 Å². The summed E-state index contributed by atoms with van der Waals surface area (Å²) in [4.78, 5) is 46.8. The monoisotopic (exact) mass is 388 g/mol. The van der Waals surface area contributed by atoms with Crippen molar-refractivity contribution in [2.75, 3.05) is 13.1 Å². The molecular weight excluding hydrogens is 356 g/mol. The van der Waals surface area contributed by atoms with E-state index in [0.29, 0.717) is 38.8 Å². The number of carboxylic acids is 1. The fourth-order valence-electron chi connectivity index (χ4n) is 2.37. The van der Waals surface area contributed by atoms with E-state index in [9.17, 15) is 24.3 Å². The number of amides is 3. The molecule has 3 amide bonds. The summed E-state index contributed by atoms with van der Waals surface area (Å²) in [5, 5.41) is 14.2. The summed E-state index contributed by atoms with van der Waals surface area (Å²) in [6, 6.07) is -3.26. The van der Waals surface area contributed by atoms with Gasteiger partial charge in [0, 0.05) is 0 Å². The average Bonchev–Trinajstić information content (AvgIpc) is 2.59. The Balaban J connectivity index is 4.96. The summed E-state index contributed by atoms with van der Waals surface area (Å²) in [6.07, 6.45) is 2.48. The van der Waals surface area contributed by atoms with E-state index in [2.05, 4.69) is 10.6 Å². The zero-order valence-corrected chi connectivity index (χ0v) is 15.5. The number of carboxylic acid groups (broad SMARTS) is 1. The van der Waals surface area contributed by atoms with E-state index < -0.39 is 41.8 Å². The molecule has 0 fully saturated rings. The van der Waals surface area contributed by atoms with E-state index in [0.717, 1.165) is 0 Å². The van der Waals surface area contributed by atoms with E-state index in [1.54, 1.807) is 0 Å². The molecule has 0 aromatic rings. The summed E-state index contributed by atoms with van der Waals surface area (Å²) in [5.41, 5.74) is 21.4. The minimum atomic E-state index is -1.19. The van der Waals surface area contributed by atoms with Gasteiger partial charge in [-0.2, -0.15) is 0 Å². The largest absolute Gasteiger partial charge is 0.480 e. The molecule has 0 aliphatic carbocycles. The molecule has 0 rings (SSSR count). The molecule has 3 atom stereocenters. The van der Waals surface area contributed by atoms with Gasteiger partial charge in [-0.1, -0.05) is 0 Å². The number of primary amides is 1. The van der Waals surface area contributed by atoms with E-state index >= 15 is 0 Å². The van der Waals surface area contributed by atoms with E-state index in [1.807, 2.05) is 0 Å². The molecule has 0 saturated heterocycles. The molecule has 27 heavy (non-hydrogen) atoms. The number of rotatable bonds is 15. The number of nitrogens with one attached hydrogen (secondary N) is 2. The van der Waals surface area contributed by atoms with Crippen LogP contribution in [0.3, 0.4) is 0 Å². The molecule has 156 valence electrons. The van der Waals surface area contributed by atoms with Crippen molar-refractivity contribution in [3.63, 3.8) is 0 Å². The second-order valence-corrected chi connectivity index (χ2v) is 6.31. The smallest absolute Gasteiger partial charge is 0.326 e. The average molecular weight is 388 g/mol. The second kappa shape index (κ2) is 13.9. The van der Waals surface area contributed by atoms with E-state index in [4.69, 9.17) is 22.9 Å². The maximum Gasteiger partial charge on any atom is 0.326 e. The highest BCUT2D eigenvalue weighted by molar-refractivity contribution is 5.93. The number of nitrogens with two attached hydrogens (primary N) is 4. The number of aliphatic carboxylic acids is 1. The lowest BCUT2D eigenvalue weighted by Gasteiger charge is -2.22. The van der Waals surface area contributed by atoms with Crippen LogP contribution in [0.4, 0.5) is 0 Å². The van der Waals surface area contributed by atoms with Crippen LogP contribution >= 0.6 is 0 Å². The first-order chi connectivity index (χ1) is 12.7. The molecule has 0 aliphatic rings. The van der Waals surface area contributed by atoms with Crippen LogP contribution < -0.4 is 33.6 Å². The van der Waals surface area contributed by atoms with Crippen molar-refractivity contribution in [3.8, 4) is 0 Å². The second-order valence-electron chi connectivity index (χ2n) is 6.31. The highest BCUT2D eigenvalue weighted by atomic mass is 16.4. The Morgan fingerprint density at radius 3 is 1.74 bits per heavy atom. The van der Waals surface area contributed by atoms with Crippen LogP contribution in [0.25, 0.3) is 0 Å². The fourth-order valence-corrected chi connectivity index (χ4v) is 2.37. The quantitative estimate of drug-likeness (QED) is 0.148. The lowest BCUT2D eigenvalue weighted by atomic mass is 10.1. The van der Waals surface area contributed by atoms with E-state index in [1.165, 1.54) is 0 Å². The molecule has 0 saturated carbocycles. The maximum absolute atomic E-state index is 12.5. The van der Waals surface area contributed by atoms with Crippen LogP contribution in [-0.2, 0) is 19.2 Å². The van der Waals surface area contributed by atoms with Gasteiger partial charge in [0.05, 0.1) is 12.5 Å². The van der Waals surface area contributed by atoms with Crippen LogP contribution in [0.5, 0.6) is 0 Å². The van der Waals surface area contributed by atoms with Crippen LogP contribution in [0.2, 0.25) is 0 Å². The fraction of sp³-hybridized carbons (Fsp3) is 0.750. The first-order valence-electron chi connectivity index (χ1n) is 9.00. The van der Waals surface area contributed by atoms with Gasteiger partial charge in [0.2, 0.25) is 17.7 Å². The van der Waals surface area contributed by atoms with Crippen molar-refractivity contribution in [3.05, 3.63) is 0 Å². The molecule has 0 radical (unpaired) electrons. The molecule has 11 N–H and O–H groups in total. The van der Waals surface area contributed by atoms with Gasteiger partial charge in [-0.05, 0) is 51.6 Å². The summed E-state index contributed by atoms with van der Waals surface area (Å²) in [7, 11) is 0. The number of carbonyl (C=O) groups is 4. The zero-order valence-electron chi connectivity index (χ0n) is 15.5. The molecule has 0 aliphatic heterocycles. The molecule has 0 spiro atoms. The summed E-state index contributed by atoms with van der Waals surface area (Å²) >= 11 is 0. The van der Waals surface area contributed by atoms with Crippen LogP contribution in [-0.4, -0.2) is 60.0 Å². The Morgan fingerprint density at radius 1 is 0.815 bits per heavy atom. The van der Waals surface area contributed by atoms with Gasteiger partial charge < -0.3 is 38.7 Å². The Hall–Kier alpha value is -2.24. The zero-order chi connectivity index (χ0) is 20.8. The highest BCUT2D eigenvalue weighted by Crippen LogP contribution is 2.05. The van der Waals surface area contributed by atoms with Crippen molar-refractivity contribution in [1.29, 1.82) is 0 Å². The molecular formula is C16H32N6O5. The molecule has 0 aromatic carbocycles. The topological polar surface area (TPSA) is 217 Å². The Bertz CT molecular complexity index is 502. The third-order valence-corrected chi connectivity index (χ3v) is 3.90. The number of hydrogen-bond donors (Lipinski definition) is 7. The van der Waals surface area contributed by atoms with Crippen molar-refractivity contribution in [2.24, 2.45) is 22.9 Å². The predicted octanol–water partition coefficient (Wildman–Crippen LogP) is -2.50. The maximum atomic E-state index is 12.5. The molecule has 11 nitrogen and oxygen atoms in total. The Labute approximate surface area is 158 Å². The van der Waals surface area contributed by atoms with Gasteiger partial charge >= 0.3 is 5.97 Å². The molecule has 3 unspecified atom stereocenters. The minimum Gasteiger partial charge on any atom is -0.480 e. The molecule has 0 heterocycles. The standard InChI is InChI=1S/C16H32N6O5/c17-7-3-1-5-11(21-14(24)10(19)9-13(20)23)15(25)22-12(16(26)27)6-2-4-8-18/h10-12H,1-9,17-19H2,(H2,20,23)(H,21,24)(H,22,25)(H,26,27). The summed E-state index contributed by atoms with van der Waals surface area (Å²) < 4.78 is 0. The summed E-state index contributed by atoms with van der Waals surface area (Å²) in [6.45, 7) is 0.843. The minimum absolute atomic E-state index is 0.225. The Morgan fingerprint density at radius 2 is 1.30 bits per heavy atom. The van der Waals surface area contributed by atoms with Gasteiger partial charge in [-0.15, -0.1) is 0 Å². The lowest BCUT2D eigenvalue weighted by molar-refractivity contribution is -0.142. The van der Waals surface area contributed by atoms with Crippen LogP contribution in [0.15, 0.2) is 0 Å². The highest BCUT2D eigenvalue weighted by Gasteiger charge is 2.27. The van der Waals surface area contributed by atoms with Gasteiger partial charge in [0.15, 0.2) is 0 Å². The van der Waals surface area contributed by atoms with Crippen LogP contribution in [0.1, 0.15) is 44.9 Å². The number of unbranched alkanes of at least 4 members (excludes halogenated alkanes) is 2. The van der Waals surface area contributed by atoms with Crippen molar-refractivity contribution < 1.29 is 24.3 Å². The van der Waals surface area contributed by atoms with Gasteiger partial charge in [-0.25, -0.2) is 4.79 Å². The number of carbonyl (C=O) groups excluding carboxylic acids is 3.